The van der Waals surface area contributed by atoms with Crippen molar-refractivity contribution in [2.75, 3.05) is 5.32 Å². The quantitative estimate of drug-likeness (QED) is 0.744. The molecule has 144 valence electrons. The monoisotopic (exact) mass is 388 g/mol. The first kappa shape index (κ1) is 19.3. The number of halogens is 3. The number of rotatable bonds is 4. The number of anilines is 1. The number of alkyl halides is 3. The summed E-state index contributed by atoms with van der Waals surface area (Å²) in [6.07, 6.45) is -3.26. The molecule has 1 N–H and O–H groups in total. The van der Waals surface area contributed by atoms with E-state index < -0.39 is 23.2 Å². The van der Waals surface area contributed by atoms with Crippen LogP contribution in [0.5, 0.6) is 0 Å². The zero-order chi connectivity index (χ0) is 20.3. The Balaban J connectivity index is 1.73. The number of carbonyl (C=O) groups is 1. The van der Waals surface area contributed by atoms with Gasteiger partial charge in [-0.2, -0.15) is 13.2 Å². The molecule has 0 saturated heterocycles. The summed E-state index contributed by atoms with van der Waals surface area (Å²) in [7, 11) is 0. The van der Waals surface area contributed by atoms with Crippen molar-refractivity contribution < 1.29 is 18.0 Å². The molecular formula is C19H15F3N4O2. The zero-order valence-electron chi connectivity index (χ0n) is 14.7. The number of pyridine rings is 1. The average Bonchev–Trinajstić information content (AvgIpc) is 2.63. The fourth-order valence-corrected chi connectivity index (χ4v) is 2.48. The van der Waals surface area contributed by atoms with Crippen LogP contribution in [0.15, 0.2) is 59.7 Å². The molecule has 3 rings (SSSR count). The van der Waals surface area contributed by atoms with Gasteiger partial charge < -0.3 is 5.32 Å². The van der Waals surface area contributed by atoms with Gasteiger partial charge in [0.05, 0.1) is 17.6 Å². The second-order valence-corrected chi connectivity index (χ2v) is 6.03. The largest absolute Gasteiger partial charge is 0.416 e. The maximum Gasteiger partial charge on any atom is 0.416 e. The molecule has 28 heavy (non-hydrogen) atoms. The normalized spacial score (nSPS) is 11.3. The van der Waals surface area contributed by atoms with Crippen molar-refractivity contribution in [2.45, 2.75) is 19.6 Å². The highest BCUT2D eigenvalue weighted by Crippen LogP contribution is 2.30. The molecule has 1 amide bonds. The number of amides is 1. The number of carbonyl (C=O) groups excluding carboxylic acids is 1. The fourth-order valence-electron chi connectivity index (χ4n) is 2.48. The van der Waals surface area contributed by atoms with Gasteiger partial charge in [0.1, 0.15) is 12.4 Å². The van der Waals surface area contributed by atoms with Crippen molar-refractivity contribution in [3.05, 3.63) is 76.5 Å². The van der Waals surface area contributed by atoms with Crippen molar-refractivity contribution in [2.24, 2.45) is 0 Å². The molecule has 3 aromatic rings. The third kappa shape index (κ3) is 4.61. The van der Waals surface area contributed by atoms with E-state index in [4.69, 9.17) is 0 Å². The highest BCUT2D eigenvalue weighted by Gasteiger charge is 2.30. The maximum absolute atomic E-state index is 12.6. The SMILES string of the molecule is Cc1cccc(NC(=O)Cn2cnc(-c3ccc(C(F)(F)F)cc3)cc2=O)n1. The van der Waals surface area contributed by atoms with Crippen molar-refractivity contribution >= 4 is 11.7 Å². The Morgan fingerprint density at radius 1 is 1.14 bits per heavy atom. The number of hydrogen-bond acceptors (Lipinski definition) is 4. The Kier molecular flexibility index (Phi) is 5.25. The van der Waals surface area contributed by atoms with Gasteiger partial charge in [-0.05, 0) is 31.2 Å². The first-order chi connectivity index (χ1) is 13.2. The van der Waals surface area contributed by atoms with Crippen molar-refractivity contribution in [3.8, 4) is 11.3 Å². The molecule has 0 radical (unpaired) electrons. The second-order valence-electron chi connectivity index (χ2n) is 6.03. The van der Waals surface area contributed by atoms with E-state index in [1.807, 2.05) is 0 Å². The van der Waals surface area contributed by atoms with Gasteiger partial charge in [-0.25, -0.2) is 9.97 Å². The smallest absolute Gasteiger partial charge is 0.309 e. The van der Waals surface area contributed by atoms with Crippen LogP contribution >= 0.6 is 0 Å². The number of benzene rings is 1. The number of aryl methyl sites for hydroxylation is 1. The molecule has 0 atom stereocenters. The van der Waals surface area contributed by atoms with Crippen LogP contribution in [0.25, 0.3) is 11.3 Å². The highest BCUT2D eigenvalue weighted by atomic mass is 19.4. The summed E-state index contributed by atoms with van der Waals surface area (Å²) in [4.78, 5) is 32.5. The van der Waals surface area contributed by atoms with Gasteiger partial charge in [-0.15, -0.1) is 0 Å². The Morgan fingerprint density at radius 3 is 2.46 bits per heavy atom. The van der Waals surface area contributed by atoms with Gasteiger partial charge in [-0.3, -0.25) is 14.2 Å². The predicted octanol–water partition coefficient (Wildman–Crippen LogP) is 3.27. The molecule has 2 heterocycles. The molecule has 1 aromatic carbocycles. The zero-order valence-corrected chi connectivity index (χ0v) is 14.7. The molecule has 0 unspecified atom stereocenters. The molecular weight excluding hydrogens is 373 g/mol. The Hall–Kier alpha value is -3.49. The molecule has 0 aliphatic rings. The first-order valence-corrected chi connectivity index (χ1v) is 8.20. The van der Waals surface area contributed by atoms with Crippen LogP contribution in [0.1, 0.15) is 11.3 Å². The number of nitrogens with one attached hydrogen (secondary N) is 1. The summed E-state index contributed by atoms with van der Waals surface area (Å²) >= 11 is 0. The van der Waals surface area contributed by atoms with Crippen LogP contribution in [-0.2, 0) is 17.5 Å². The summed E-state index contributed by atoms with van der Waals surface area (Å²) in [6, 6.07) is 10.6. The lowest BCUT2D eigenvalue weighted by atomic mass is 10.1. The van der Waals surface area contributed by atoms with Gasteiger partial charge in [-0.1, -0.05) is 18.2 Å². The van der Waals surface area contributed by atoms with Gasteiger partial charge in [0.15, 0.2) is 0 Å². The minimum Gasteiger partial charge on any atom is -0.309 e. The molecule has 2 aromatic heterocycles. The van der Waals surface area contributed by atoms with Gasteiger partial charge in [0, 0.05) is 17.3 Å². The first-order valence-electron chi connectivity index (χ1n) is 8.20. The molecule has 0 bridgehead atoms. The molecule has 0 aliphatic carbocycles. The summed E-state index contributed by atoms with van der Waals surface area (Å²) in [5, 5.41) is 2.58. The van der Waals surface area contributed by atoms with E-state index in [1.54, 1.807) is 25.1 Å². The van der Waals surface area contributed by atoms with E-state index >= 15 is 0 Å². The van der Waals surface area contributed by atoms with E-state index in [2.05, 4.69) is 15.3 Å². The summed E-state index contributed by atoms with van der Waals surface area (Å²) in [6.45, 7) is 1.51. The average molecular weight is 388 g/mol. The van der Waals surface area contributed by atoms with Crippen LogP contribution in [0.4, 0.5) is 19.0 Å². The summed E-state index contributed by atoms with van der Waals surface area (Å²) in [5.41, 5.74) is 0.0298. The minimum absolute atomic E-state index is 0.218. The third-order valence-electron chi connectivity index (χ3n) is 3.86. The summed E-state index contributed by atoms with van der Waals surface area (Å²) in [5.74, 6) is -0.0864. The van der Waals surface area contributed by atoms with E-state index in [9.17, 15) is 22.8 Å². The van der Waals surface area contributed by atoms with Gasteiger partial charge >= 0.3 is 6.18 Å². The van der Waals surface area contributed by atoms with Crippen LogP contribution in [-0.4, -0.2) is 20.4 Å². The van der Waals surface area contributed by atoms with Crippen molar-refractivity contribution in [3.63, 3.8) is 0 Å². The molecule has 0 aliphatic heterocycles. The van der Waals surface area contributed by atoms with Crippen LogP contribution in [0.2, 0.25) is 0 Å². The number of nitrogens with zero attached hydrogens (tertiary/aromatic N) is 3. The topological polar surface area (TPSA) is 76.9 Å². The van der Waals surface area contributed by atoms with Crippen molar-refractivity contribution in [1.29, 1.82) is 0 Å². The highest BCUT2D eigenvalue weighted by molar-refractivity contribution is 5.89. The Morgan fingerprint density at radius 2 is 1.86 bits per heavy atom. The fraction of sp³-hybridized carbons (Fsp3) is 0.158. The molecule has 6 nitrogen and oxygen atoms in total. The predicted molar refractivity (Wildman–Crippen MR) is 96.5 cm³/mol. The Labute approximate surface area is 157 Å². The lowest BCUT2D eigenvalue weighted by Crippen LogP contribution is -2.27. The van der Waals surface area contributed by atoms with Crippen LogP contribution in [0, 0.1) is 6.92 Å². The van der Waals surface area contributed by atoms with Gasteiger partial charge in [0.2, 0.25) is 5.91 Å². The standard InChI is InChI=1S/C19H15F3N4O2/c1-12-3-2-4-16(24-12)25-17(27)10-26-11-23-15(9-18(26)28)13-5-7-14(8-6-13)19(20,21)22/h2-9,11H,10H2,1H3,(H,24,25,27). The molecule has 0 fully saturated rings. The number of hydrogen-bond donors (Lipinski definition) is 1. The van der Waals surface area contributed by atoms with Gasteiger partial charge in [0.25, 0.3) is 5.56 Å². The van der Waals surface area contributed by atoms with E-state index in [1.165, 1.54) is 24.5 Å². The lowest BCUT2D eigenvalue weighted by molar-refractivity contribution is -0.137. The third-order valence-corrected chi connectivity index (χ3v) is 3.86. The lowest BCUT2D eigenvalue weighted by Gasteiger charge is -2.09. The minimum atomic E-state index is -4.44. The van der Waals surface area contributed by atoms with E-state index in [-0.39, 0.29) is 12.2 Å². The summed E-state index contributed by atoms with van der Waals surface area (Å²) < 4.78 is 39.0. The van der Waals surface area contributed by atoms with Crippen molar-refractivity contribution in [1.82, 2.24) is 14.5 Å². The molecule has 0 spiro atoms. The molecule has 0 saturated carbocycles. The maximum atomic E-state index is 12.6. The van der Waals surface area contributed by atoms with Crippen LogP contribution in [0.3, 0.4) is 0 Å². The van der Waals surface area contributed by atoms with E-state index in [0.717, 1.165) is 22.4 Å². The van der Waals surface area contributed by atoms with E-state index in [0.29, 0.717) is 11.4 Å². The number of aromatic nitrogens is 3. The molecule has 9 heteroatoms. The second kappa shape index (κ2) is 7.63. The Bertz CT molecular complexity index is 1060. The van der Waals surface area contributed by atoms with Crippen LogP contribution < -0.4 is 10.9 Å².